The molecule has 0 spiro atoms. The first-order chi connectivity index (χ1) is 10.2. The first kappa shape index (κ1) is 14.7. The zero-order chi connectivity index (χ0) is 14.7. The molecule has 1 aliphatic carbocycles. The summed E-state index contributed by atoms with van der Waals surface area (Å²) in [5, 5.41) is 3.68. The summed E-state index contributed by atoms with van der Waals surface area (Å²) in [4.78, 5) is 4.29. The zero-order valence-corrected chi connectivity index (χ0v) is 13.9. The van der Waals surface area contributed by atoms with Crippen molar-refractivity contribution in [2.45, 2.75) is 38.1 Å². The number of halogens is 1. The van der Waals surface area contributed by atoms with Crippen LogP contribution in [0.4, 0.5) is 0 Å². The van der Waals surface area contributed by atoms with Gasteiger partial charge in [0.1, 0.15) is 0 Å². The summed E-state index contributed by atoms with van der Waals surface area (Å²) in [6.45, 7) is 3.20. The van der Waals surface area contributed by atoms with E-state index in [4.69, 9.17) is 0 Å². The topological polar surface area (TPSA) is 24.9 Å². The molecule has 21 heavy (non-hydrogen) atoms. The maximum Gasteiger partial charge on any atom is 0.0410 e. The summed E-state index contributed by atoms with van der Waals surface area (Å²) in [6.07, 6.45) is 7.51. The number of hydrogen-bond acceptors (Lipinski definition) is 2. The van der Waals surface area contributed by atoms with Crippen LogP contribution < -0.4 is 5.32 Å². The molecule has 2 nitrogen and oxygen atoms in total. The van der Waals surface area contributed by atoms with Crippen molar-refractivity contribution in [1.29, 1.82) is 0 Å². The molecule has 0 aliphatic heterocycles. The van der Waals surface area contributed by atoms with Crippen LogP contribution in [0.3, 0.4) is 0 Å². The van der Waals surface area contributed by atoms with E-state index in [9.17, 15) is 0 Å². The van der Waals surface area contributed by atoms with Crippen LogP contribution in [-0.2, 0) is 6.42 Å². The summed E-state index contributed by atoms with van der Waals surface area (Å²) in [7, 11) is 0. The maximum absolute atomic E-state index is 4.29. The van der Waals surface area contributed by atoms with Crippen molar-refractivity contribution in [3.8, 4) is 0 Å². The Balaban J connectivity index is 1.77. The quantitative estimate of drug-likeness (QED) is 0.847. The molecular formula is C18H21BrN2. The Labute approximate surface area is 135 Å². The second-order valence-corrected chi connectivity index (χ2v) is 6.92. The molecule has 1 unspecified atom stereocenters. The average Bonchev–Trinajstić information content (AvgIpc) is 3.27. The maximum atomic E-state index is 4.29. The van der Waals surface area contributed by atoms with Crippen molar-refractivity contribution in [2.75, 3.05) is 6.54 Å². The number of rotatable bonds is 6. The average molecular weight is 345 g/mol. The molecular weight excluding hydrogens is 324 g/mol. The smallest absolute Gasteiger partial charge is 0.0410 e. The monoisotopic (exact) mass is 344 g/mol. The molecule has 1 heterocycles. The highest BCUT2D eigenvalue weighted by Gasteiger charge is 2.22. The minimum absolute atomic E-state index is 0.501. The number of nitrogens with one attached hydrogen (secondary N) is 1. The first-order valence-corrected chi connectivity index (χ1v) is 8.39. The number of hydrogen-bond donors (Lipinski definition) is 1. The van der Waals surface area contributed by atoms with Gasteiger partial charge in [-0.1, -0.05) is 29.8 Å². The van der Waals surface area contributed by atoms with E-state index in [2.05, 4.69) is 63.5 Å². The number of nitrogens with zero attached hydrogens (tertiary/aromatic N) is 1. The van der Waals surface area contributed by atoms with Gasteiger partial charge in [-0.15, -0.1) is 0 Å². The van der Waals surface area contributed by atoms with E-state index in [1.54, 1.807) is 0 Å². The molecule has 1 aromatic heterocycles. The summed E-state index contributed by atoms with van der Waals surface area (Å²) < 4.78 is 1.05. The van der Waals surface area contributed by atoms with Crippen molar-refractivity contribution in [1.82, 2.24) is 10.3 Å². The van der Waals surface area contributed by atoms with Crippen LogP contribution in [0.25, 0.3) is 0 Å². The minimum atomic E-state index is 0.501. The van der Waals surface area contributed by atoms with Crippen molar-refractivity contribution in [3.05, 3.63) is 63.9 Å². The molecule has 0 saturated heterocycles. The SMILES string of the molecule is Cc1cccc(C(CNC2CC2)Cc2cncc(Br)c2)c1. The van der Waals surface area contributed by atoms with Gasteiger partial charge >= 0.3 is 0 Å². The van der Waals surface area contributed by atoms with Gasteiger partial charge in [0.25, 0.3) is 0 Å². The Morgan fingerprint density at radius 2 is 2.14 bits per heavy atom. The van der Waals surface area contributed by atoms with E-state index < -0.39 is 0 Å². The van der Waals surface area contributed by atoms with Gasteiger partial charge in [-0.2, -0.15) is 0 Å². The highest BCUT2D eigenvalue weighted by molar-refractivity contribution is 9.10. The summed E-state index contributed by atoms with van der Waals surface area (Å²) in [5.41, 5.74) is 4.04. The lowest BCUT2D eigenvalue weighted by Crippen LogP contribution is -2.25. The fourth-order valence-electron chi connectivity index (χ4n) is 2.68. The Hall–Kier alpha value is -1.19. The standard InChI is InChI=1S/C18H21BrN2/c1-13-3-2-4-15(7-13)16(11-21-18-5-6-18)8-14-9-17(19)12-20-10-14/h2-4,7,9-10,12,16,18,21H,5-6,8,11H2,1H3. The molecule has 1 atom stereocenters. The van der Waals surface area contributed by atoms with Gasteiger partial charge in [0.05, 0.1) is 0 Å². The van der Waals surface area contributed by atoms with Gasteiger partial charge in [0, 0.05) is 35.4 Å². The zero-order valence-electron chi connectivity index (χ0n) is 12.3. The molecule has 1 fully saturated rings. The lowest BCUT2D eigenvalue weighted by Gasteiger charge is -2.19. The van der Waals surface area contributed by atoms with E-state index in [-0.39, 0.29) is 0 Å². The molecule has 110 valence electrons. The second-order valence-electron chi connectivity index (χ2n) is 6.01. The number of aryl methyl sites for hydroxylation is 1. The van der Waals surface area contributed by atoms with Crippen LogP contribution in [0.5, 0.6) is 0 Å². The predicted octanol–water partition coefficient (Wildman–Crippen LogP) is 4.23. The van der Waals surface area contributed by atoms with Crippen molar-refractivity contribution < 1.29 is 0 Å². The highest BCUT2D eigenvalue weighted by atomic mass is 79.9. The third-order valence-electron chi connectivity index (χ3n) is 3.99. The van der Waals surface area contributed by atoms with Crippen LogP contribution >= 0.6 is 15.9 Å². The van der Waals surface area contributed by atoms with Crippen LogP contribution in [0.1, 0.15) is 35.4 Å². The molecule has 0 radical (unpaired) electrons. The Bertz CT molecular complexity index is 608. The van der Waals surface area contributed by atoms with Crippen molar-refractivity contribution in [2.24, 2.45) is 0 Å². The first-order valence-electron chi connectivity index (χ1n) is 7.60. The van der Waals surface area contributed by atoms with Crippen LogP contribution in [0, 0.1) is 6.92 Å². The largest absolute Gasteiger partial charge is 0.313 e. The third kappa shape index (κ3) is 4.39. The highest BCUT2D eigenvalue weighted by Crippen LogP contribution is 2.25. The van der Waals surface area contributed by atoms with Crippen LogP contribution in [-0.4, -0.2) is 17.6 Å². The number of benzene rings is 1. The Morgan fingerprint density at radius 3 is 2.86 bits per heavy atom. The van der Waals surface area contributed by atoms with E-state index in [0.29, 0.717) is 5.92 Å². The van der Waals surface area contributed by atoms with Gasteiger partial charge in [-0.25, -0.2) is 0 Å². The van der Waals surface area contributed by atoms with E-state index in [1.165, 1.54) is 29.5 Å². The lowest BCUT2D eigenvalue weighted by atomic mass is 9.91. The van der Waals surface area contributed by atoms with E-state index >= 15 is 0 Å². The fourth-order valence-corrected chi connectivity index (χ4v) is 3.09. The summed E-state index contributed by atoms with van der Waals surface area (Å²) in [6, 6.07) is 11.8. The minimum Gasteiger partial charge on any atom is -0.313 e. The number of aromatic nitrogens is 1. The Morgan fingerprint density at radius 1 is 1.29 bits per heavy atom. The van der Waals surface area contributed by atoms with Gasteiger partial charge in [0.2, 0.25) is 0 Å². The number of pyridine rings is 1. The third-order valence-corrected chi connectivity index (χ3v) is 4.42. The van der Waals surface area contributed by atoms with Gasteiger partial charge in [-0.05, 0) is 59.3 Å². The van der Waals surface area contributed by atoms with E-state index in [1.807, 2.05) is 12.4 Å². The van der Waals surface area contributed by atoms with Gasteiger partial charge in [-0.3, -0.25) is 4.98 Å². The van der Waals surface area contributed by atoms with Gasteiger partial charge in [0.15, 0.2) is 0 Å². The van der Waals surface area contributed by atoms with Crippen LogP contribution in [0.15, 0.2) is 47.2 Å². The van der Waals surface area contributed by atoms with Crippen LogP contribution in [0.2, 0.25) is 0 Å². The molecule has 2 aromatic rings. The van der Waals surface area contributed by atoms with E-state index in [0.717, 1.165) is 23.5 Å². The van der Waals surface area contributed by atoms with Gasteiger partial charge < -0.3 is 5.32 Å². The molecule has 1 saturated carbocycles. The fraction of sp³-hybridized carbons (Fsp3) is 0.389. The summed E-state index contributed by atoms with van der Waals surface area (Å²) >= 11 is 3.51. The molecule has 0 bridgehead atoms. The molecule has 1 N–H and O–H groups in total. The molecule has 0 amide bonds. The lowest BCUT2D eigenvalue weighted by molar-refractivity contribution is 0.576. The molecule has 1 aromatic carbocycles. The Kier molecular flexibility index (Phi) is 4.71. The van der Waals surface area contributed by atoms with Crippen molar-refractivity contribution >= 4 is 15.9 Å². The predicted molar refractivity (Wildman–Crippen MR) is 90.6 cm³/mol. The summed E-state index contributed by atoms with van der Waals surface area (Å²) in [5.74, 6) is 0.501. The normalized spacial score (nSPS) is 15.9. The molecule has 1 aliphatic rings. The molecule has 3 heteroatoms. The molecule has 3 rings (SSSR count). The van der Waals surface area contributed by atoms with Crippen molar-refractivity contribution in [3.63, 3.8) is 0 Å². The second kappa shape index (κ2) is 6.71.